The monoisotopic (exact) mass is 520 g/mol. The molecule has 190 valence electrons. The van der Waals surface area contributed by atoms with Crippen LogP contribution in [0.3, 0.4) is 0 Å². The van der Waals surface area contributed by atoms with E-state index in [1.165, 1.54) is 13.2 Å². The number of nitro groups is 1. The maximum atomic E-state index is 12.9. The molecule has 0 N–H and O–H groups in total. The van der Waals surface area contributed by atoms with Gasteiger partial charge in [0.1, 0.15) is 19.0 Å². The fraction of sp³-hybridized carbons (Fsp3) is 0.185. The number of nitrogens with zero attached hydrogens (tertiary/aromatic N) is 2. The van der Waals surface area contributed by atoms with E-state index in [-0.39, 0.29) is 35.6 Å². The molecule has 1 aliphatic rings. The summed E-state index contributed by atoms with van der Waals surface area (Å²) in [6.45, 7) is 2.24. The first kappa shape index (κ1) is 25.8. The fourth-order valence-electron chi connectivity index (χ4n) is 3.60. The molecule has 1 fully saturated rings. The highest BCUT2D eigenvalue weighted by Gasteiger charge is 2.34. The molecule has 0 atom stereocenters. The Balaban J connectivity index is 1.44. The highest BCUT2D eigenvalue weighted by molar-refractivity contribution is 8.18. The van der Waals surface area contributed by atoms with Crippen LogP contribution in [0.2, 0.25) is 0 Å². The molecule has 2 amide bonds. The van der Waals surface area contributed by atoms with Gasteiger partial charge >= 0.3 is 0 Å². The number of carbonyl (C=O) groups excluding carboxylic acids is 2. The highest BCUT2D eigenvalue weighted by atomic mass is 32.2. The van der Waals surface area contributed by atoms with Gasteiger partial charge in [0.05, 0.1) is 29.0 Å². The predicted octanol–water partition coefficient (Wildman–Crippen LogP) is 5.61. The molecular formula is C27H24N2O7S. The number of ether oxygens (including phenoxy) is 3. The average molecular weight is 521 g/mol. The van der Waals surface area contributed by atoms with E-state index in [0.29, 0.717) is 28.4 Å². The van der Waals surface area contributed by atoms with E-state index in [4.69, 9.17) is 14.2 Å². The van der Waals surface area contributed by atoms with E-state index in [0.717, 1.165) is 22.2 Å². The molecule has 3 aromatic carbocycles. The van der Waals surface area contributed by atoms with E-state index < -0.39 is 10.8 Å². The van der Waals surface area contributed by atoms with Gasteiger partial charge < -0.3 is 14.2 Å². The maximum Gasteiger partial charge on any atom is 0.293 e. The van der Waals surface area contributed by atoms with Crippen LogP contribution in [-0.4, -0.2) is 41.2 Å². The SMILES string of the molecule is COc1ccc(/C=C2\SC(=O)N(CCOc3ccc(C)cc3)C2=O)cc1OCc1ccccc1[N+](=O)[O-]. The van der Waals surface area contributed by atoms with Crippen molar-refractivity contribution in [2.75, 3.05) is 20.3 Å². The van der Waals surface area contributed by atoms with Crippen LogP contribution in [0.15, 0.2) is 71.6 Å². The lowest BCUT2D eigenvalue weighted by molar-refractivity contribution is -0.385. The second kappa shape index (κ2) is 11.6. The van der Waals surface area contributed by atoms with E-state index in [2.05, 4.69) is 0 Å². The van der Waals surface area contributed by atoms with Crippen molar-refractivity contribution >= 4 is 34.7 Å². The molecule has 0 saturated carbocycles. The number of rotatable bonds is 10. The standard InChI is InChI=1S/C27H24N2O7S/c1-18-7-10-21(11-8-18)35-14-13-28-26(30)25(37-27(28)31)16-19-9-12-23(34-2)24(15-19)36-17-20-5-3-4-6-22(20)29(32)33/h3-12,15-16H,13-14,17H2,1-2H3/b25-16-. The Morgan fingerprint density at radius 1 is 1.00 bits per heavy atom. The summed E-state index contributed by atoms with van der Waals surface area (Å²) in [7, 11) is 1.48. The molecular weight excluding hydrogens is 496 g/mol. The van der Waals surface area contributed by atoms with Crippen molar-refractivity contribution in [3.8, 4) is 17.2 Å². The predicted molar refractivity (Wildman–Crippen MR) is 140 cm³/mol. The Hall–Kier alpha value is -4.31. The summed E-state index contributed by atoms with van der Waals surface area (Å²) in [6, 6.07) is 18.9. The third-order valence-corrected chi connectivity index (χ3v) is 6.44. The lowest BCUT2D eigenvalue weighted by atomic mass is 10.1. The molecule has 1 saturated heterocycles. The van der Waals surface area contributed by atoms with E-state index >= 15 is 0 Å². The number of aryl methyl sites for hydroxylation is 1. The molecule has 0 aromatic heterocycles. The third kappa shape index (κ3) is 6.28. The number of imide groups is 1. The van der Waals surface area contributed by atoms with Crippen LogP contribution in [-0.2, 0) is 11.4 Å². The Kier molecular flexibility index (Phi) is 8.09. The summed E-state index contributed by atoms with van der Waals surface area (Å²) in [5, 5.41) is 10.9. The largest absolute Gasteiger partial charge is 0.493 e. The molecule has 4 rings (SSSR count). The van der Waals surface area contributed by atoms with Gasteiger partial charge in [-0.1, -0.05) is 35.9 Å². The molecule has 1 heterocycles. The summed E-state index contributed by atoms with van der Waals surface area (Å²) >= 11 is 0.852. The van der Waals surface area contributed by atoms with Gasteiger partial charge in [0, 0.05) is 6.07 Å². The Morgan fingerprint density at radius 3 is 2.49 bits per heavy atom. The summed E-state index contributed by atoms with van der Waals surface area (Å²) in [5.41, 5.74) is 2.09. The number of nitro benzene ring substituents is 1. The van der Waals surface area contributed by atoms with Gasteiger partial charge in [0.2, 0.25) is 0 Å². The molecule has 1 aliphatic heterocycles. The van der Waals surface area contributed by atoms with Gasteiger partial charge in [-0.2, -0.15) is 0 Å². The minimum absolute atomic E-state index is 0.0438. The molecule has 0 unspecified atom stereocenters. The lowest BCUT2D eigenvalue weighted by Gasteiger charge is -2.13. The normalized spacial score (nSPS) is 14.2. The van der Waals surface area contributed by atoms with Crippen LogP contribution in [0.4, 0.5) is 10.5 Å². The third-order valence-electron chi connectivity index (χ3n) is 5.54. The topological polar surface area (TPSA) is 108 Å². The molecule has 37 heavy (non-hydrogen) atoms. The summed E-state index contributed by atoms with van der Waals surface area (Å²) in [4.78, 5) is 37.6. The van der Waals surface area contributed by atoms with Crippen LogP contribution in [0, 0.1) is 17.0 Å². The van der Waals surface area contributed by atoms with Crippen molar-refractivity contribution in [2.24, 2.45) is 0 Å². The molecule has 3 aromatic rings. The number of carbonyl (C=O) groups is 2. The molecule has 9 nitrogen and oxygen atoms in total. The number of amides is 2. The number of thioether (sulfide) groups is 1. The van der Waals surface area contributed by atoms with Crippen molar-refractivity contribution in [1.29, 1.82) is 0 Å². The Morgan fingerprint density at radius 2 is 1.76 bits per heavy atom. The molecule has 0 bridgehead atoms. The number of methoxy groups -OCH3 is 1. The summed E-state index contributed by atoms with van der Waals surface area (Å²) < 4.78 is 16.8. The molecule has 0 radical (unpaired) electrons. The van der Waals surface area contributed by atoms with Crippen LogP contribution in [0.5, 0.6) is 17.2 Å². The van der Waals surface area contributed by atoms with Gasteiger partial charge in [-0.25, -0.2) is 0 Å². The van der Waals surface area contributed by atoms with Crippen molar-refractivity contribution in [3.05, 3.63) is 98.4 Å². The van der Waals surface area contributed by atoms with Crippen molar-refractivity contribution < 1.29 is 28.7 Å². The average Bonchev–Trinajstić information content (AvgIpc) is 3.16. The molecule has 0 aliphatic carbocycles. The van der Waals surface area contributed by atoms with Gasteiger partial charge in [-0.15, -0.1) is 0 Å². The summed E-state index contributed by atoms with van der Waals surface area (Å²) in [6.07, 6.45) is 1.60. The zero-order chi connectivity index (χ0) is 26.4. The van der Waals surface area contributed by atoms with Crippen molar-refractivity contribution in [3.63, 3.8) is 0 Å². The zero-order valence-corrected chi connectivity index (χ0v) is 21.0. The first-order valence-electron chi connectivity index (χ1n) is 11.3. The molecule has 0 spiro atoms. The van der Waals surface area contributed by atoms with Crippen molar-refractivity contribution in [2.45, 2.75) is 13.5 Å². The van der Waals surface area contributed by atoms with E-state index in [9.17, 15) is 19.7 Å². The minimum atomic E-state index is -0.464. The number of hydrogen-bond donors (Lipinski definition) is 0. The Bertz CT molecular complexity index is 1360. The second-order valence-electron chi connectivity index (χ2n) is 8.08. The fourth-order valence-corrected chi connectivity index (χ4v) is 4.46. The van der Waals surface area contributed by atoms with Gasteiger partial charge in [0.25, 0.3) is 16.8 Å². The number of benzene rings is 3. The van der Waals surface area contributed by atoms with Gasteiger partial charge in [-0.05, 0) is 60.7 Å². The minimum Gasteiger partial charge on any atom is -0.493 e. The van der Waals surface area contributed by atoms with Gasteiger partial charge in [0.15, 0.2) is 11.5 Å². The van der Waals surface area contributed by atoms with Crippen LogP contribution >= 0.6 is 11.8 Å². The first-order chi connectivity index (χ1) is 17.9. The second-order valence-corrected chi connectivity index (χ2v) is 9.07. The number of hydrogen-bond acceptors (Lipinski definition) is 8. The summed E-state index contributed by atoms with van der Waals surface area (Å²) in [5.74, 6) is 1.04. The van der Waals surface area contributed by atoms with Crippen LogP contribution in [0.1, 0.15) is 16.7 Å². The van der Waals surface area contributed by atoms with Gasteiger partial charge in [-0.3, -0.25) is 24.6 Å². The smallest absolute Gasteiger partial charge is 0.293 e. The number of para-hydroxylation sites is 1. The first-order valence-corrected chi connectivity index (χ1v) is 12.2. The van der Waals surface area contributed by atoms with Crippen LogP contribution in [0.25, 0.3) is 6.08 Å². The van der Waals surface area contributed by atoms with Crippen LogP contribution < -0.4 is 14.2 Å². The highest BCUT2D eigenvalue weighted by Crippen LogP contribution is 2.35. The van der Waals surface area contributed by atoms with E-state index in [1.807, 2.05) is 31.2 Å². The lowest BCUT2D eigenvalue weighted by Crippen LogP contribution is -2.32. The molecule has 10 heteroatoms. The van der Waals surface area contributed by atoms with Crippen molar-refractivity contribution in [1.82, 2.24) is 4.90 Å². The van der Waals surface area contributed by atoms with E-state index in [1.54, 1.807) is 42.5 Å². The quantitative estimate of drug-likeness (QED) is 0.193. The zero-order valence-electron chi connectivity index (χ0n) is 20.2. The Labute approximate surface area is 217 Å². The maximum absolute atomic E-state index is 12.9.